The standard InChI is InChI=1S/C9H19NO3/c1-8(2,5-6-11)10-9(3,4)7(12)13/h10-11H,5-6H2,1-4H3,(H,12,13). The first-order valence-electron chi connectivity index (χ1n) is 4.35. The molecule has 0 bridgehead atoms. The van der Waals surface area contributed by atoms with Crippen molar-refractivity contribution in [3.8, 4) is 0 Å². The Morgan fingerprint density at radius 1 is 1.31 bits per heavy atom. The van der Waals surface area contributed by atoms with Crippen LogP contribution in [0.5, 0.6) is 0 Å². The highest BCUT2D eigenvalue weighted by molar-refractivity contribution is 5.77. The van der Waals surface area contributed by atoms with Gasteiger partial charge in [-0.15, -0.1) is 0 Å². The number of carboxylic acid groups (broad SMARTS) is 1. The van der Waals surface area contributed by atoms with Gasteiger partial charge >= 0.3 is 5.97 Å². The second kappa shape index (κ2) is 4.07. The van der Waals surface area contributed by atoms with Crippen LogP contribution in [0.2, 0.25) is 0 Å². The van der Waals surface area contributed by atoms with Crippen molar-refractivity contribution in [1.29, 1.82) is 0 Å². The molecule has 0 aromatic rings. The topological polar surface area (TPSA) is 69.6 Å². The van der Waals surface area contributed by atoms with E-state index in [0.29, 0.717) is 6.42 Å². The lowest BCUT2D eigenvalue weighted by molar-refractivity contribution is -0.144. The Morgan fingerprint density at radius 3 is 2.08 bits per heavy atom. The summed E-state index contributed by atoms with van der Waals surface area (Å²) in [7, 11) is 0. The van der Waals surface area contributed by atoms with E-state index in [9.17, 15) is 4.79 Å². The highest BCUT2D eigenvalue weighted by atomic mass is 16.4. The fourth-order valence-electron chi connectivity index (χ4n) is 1.24. The maximum atomic E-state index is 10.8. The molecule has 4 nitrogen and oxygen atoms in total. The zero-order valence-corrected chi connectivity index (χ0v) is 8.72. The van der Waals surface area contributed by atoms with Crippen molar-refractivity contribution in [2.75, 3.05) is 6.61 Å². The SMILES string of the molecule is CC(C)(CCO)NC(C)(C)C(=O)O. The van der Waals surface area contributed by atoms with Crippen molar-refractivity contribution in [1.82, 2.24) is 5.32 Å². The molecular formula is C9H19NO3. The number of carbonyl (C=O) groups is 1. The number of rotatable bonds is 5. The van der Waals surface area contributed by atoms with Gasteiger partial charge in [0.05, 0.1) is 0 Å². The van der Waals surface area contributed by atoms with E-state index in [-0.39, 0.29) is 12.1 Å². The van der Waals surface area contributed by atoms with Crippen molar-refractivity contribution in [2.24, 2.45) is 0 Å². The van der Waals surface area contributed by atoms with Crippen molar-refractivity contribution in [3.63, 3.8) is 0 Å². The molecular weight excluding hydrogens is 170 g/mol. The monoisotopic (exact) mass is 189 g/mol. The summed E-state index contributed by atoms with van der Waals surface area (Å²) in [6.45, 7) is 7.00. The average Bonchev–Trinajstić information content (AvgIpc) is 1.83. The molecule has 78 valence electrons. The normalized spacial score (nSPS) is 13.0. The second-order valence-corrected chi connectivity index (χ2v) is 4.41. The highest BCUT2D eigenvalue weighted by Crippen LogP contribution is 2.14. The van der Waals surface area contributed by atoms with Gasteiger partial charge in [0.2, 0.25) is 0 Å². The Balaban J connectivity index is 4.33. The van der Waals surface area contributed by atoms with E-state index >= 15 is 0 Å². The van der Waals surface area contributed by atoms with Crippen LogP contribution in [0.3, 0.4) is 0 Å². The van der Waals surface area contributed by atoms with Crippen LogP contribution in [0.4, 0.5) is 0 Å². The van der Waals surface area contributed by atoms with Gasteiger partial charge in [0.1, 0.15) is 5.54 Å². The predicted molar refractivity (Wildman–Crippen MR) is 50.6 cm³/mol. The van der Waals surface area contributed by atoms with Crippen LogP contribution in [0.25, 0.3) is 0 Å². The minimum atomic E-state index is -0.960. The summed E-state index contributed by atoms with van der Waals surface area (Å²) >= 11 is 0. The number of nitrogens with one attached hydrogen (secondary N) is 1. The summed E-state index contributed by atoms with van der Waals surface area (Å²) in [4.78, 5) is 10.8. The van der Waals surface area contributed by atoms with Crippen LogP contribution in [0.15, 0.2) is 0 Å². The highest BCUT2D eigenvalue weighted by Gasteiger charge is 2.32. The van der Waals surface area contributed by atoms with E-state index in [4.69, 9.17) is 10.2 Å². The van der Waals surface area contributed by atoms with E-state index in [0.717, 1.165) is 0 Å². The molecule has 0 aromatic carbocycles. The molecule has 0 heterocycles. The van der Waals surface area contributed by atoms with Crippen LogP contribution in [0, 0.1) is 0 Å². The van der Waals surface area contributed by atoms with Gasteiger partial charge in [0, 0.05) is 12.1 Å². The van der Waals surface area contributed by atoms with Gasteiger partial charge in [-0.3, -0.25) is 10.1 Å². The number of aliphatic hydroxyl groups is 1. The van der Waals surface area contributed by atoms with Crippen LogP contribution < -0.4 is 5.32 Å². The number of hydrogen-bond donors (Lipinski definition) is 3. The quantitative estimate of drug-likeness (QED) is 0.592. The molecule has 0 radical (unpaired) electrons. The molecule has 0 amide bonds. The molecule has 3 N–H and O–H groups in total. The molecule has 0 spiro atoms. The van der Waals surface area contributed by atoms with Crippen molar-refractivity contribution in [3.05, 3.63) is 0 Å². The third kappa shape index (κ3) is 4.24. The Hall–Kier alpha value is -0.610. The molecule has 0 aliphatic carbocycles. The molecule has 0 saturated heterocycles. The lowest BCUT2D eigenvalue weighted by Gasteiger charge is -2.34. The van der Waals surface area contributed by atoms with Crippen molar-refractivity contribution in [2.45, 2.75) is 45.2 Å². The fraction of sp³-hybridized carbons (Fsp3) is 0.889. The molecule has 4 heteroatoms. The maximum Gasteiger partial charge on any atom is 0.323 e. The zero-order chi connectivity index (χ0) is 10.7. The van der Waals surface area contributed by atoms with Gasteiger partial charge in [-0.1, -0.05) is 0 Å². The molecule has 0 unspecified atom stereocenters. The van der Waals surface area contributed by atoms with E-state index in [2.05, 4.69) is 5.32 Å². The zero-order valence-electron chi connectivity index (χ0n) is 8.72. The summed E-state index contributed by atoms with van der Waals surface area (Å²) in [5.41, 5.74) is -1.32. The third-order valence-corrected chi connectivity index (χ3v) is 1.92. The lowest BCUT2D eigenvalue weighted by atomic mass is 9.95. The largest absolute Gasteiger partial charge is 0.480 e. The third-order valence-electron chi connectivity index (χ3n) is 1.92. The van der Waals surface area contributed by atoms with Crippen molar-refractivity contribution < 1.29 is 15.0 Å². The molecule has 0 saturated carbocycles. The van der Waals surface area contributed by atoms with Crippen molar-refractivity contribution >= 4 is 5.97 Å². The first kappa shape index (κ1) is 12.4. The molecule has 0 atom stereocenters. The summed E-state index contributed by atoms with van der Waals surface area (Å²) in [6, 6.07) is 0. The minimum Gasteiger partial charge on any atom is -0.480 e. The summed E-state index contributed by atoms with van der Waals surface area (Å²) in [5.74, 6) is -0.890. The van der Waals surface area contributed by atoms with Gasteiger partial charge in [0.15, 0.2) is 0 Å². The smallest absolute Gasteiger partial charge is 0.323 e. The molecule has 0 rings (SSSR count). The maximum absolute atomic E-state index is 10.8. The number of aliphatic carboxylic acids is 1. The first-order valence-corrected chi connectivity index (χ1v) is 4.35. The second-order valence-electron chi connectivity index (χ2n) is 4.41. The molecule has 0 aliphatic rings. The van der Waals surface area contributed by atoms with E-state index in [1.54, 1.807) is 13.8 Å². The Bertz CT molecular complexity index is 187. The van der Waals surface area contributed by atoms with Gasteiger partial charge in [-0.25, -0.2) is 0 Å². The molecule has 13 heavy (non-hydrogen) atoms. The van der Waals surface area contributed by atoms with Gasteiger partial charge in [-0.05, 0) is 34.1 Å². The number of carboxylic acids is 1. The first-order chi connectivity index (χ1) is 5.71. The van der Waals surface area contributed by atoms with Crippen LogP contribution in [-0.4, -0.2) is 33.9 Å². The van der Waals surface area contributed by atoms with Crippen LogP contribution in [-0.2, 0) is 4.79 Å². The Morgan fingerprint density at radius 2 is 1.77 bits per heavy atom. The average molecular weight is 189 g/mol. The Kier molecular flexibility index (Phi) is 3.88. The van der Waals surface area contributed by atoms with Gasteiger partial charge in [0.25, 0.3) is 0 Å². The van der Waals surface area contributed by atoms with E-state index in [1.165, 1.54) is 0 Å². The predicted octanol–water partition coefficient (Wildman–Crippen LogP) is 0.600. The molecule has 0 fully saturated rings. The lowest BCUT2D eigenvalue weighted by Crippen LogP contribution is -2.56. The van der Waals surface area contributed by atoms with Gasteiger partial charge < -0.3 is 10.2 Å². The molecule has 0 aliphatic heterocycles. The van der Waals surface area contributed by atoms with Crippen LogP contribution in [0.1, 0.15) is 34.1 Å². The summed E-state index contributed by atoms with van der Waals surface area (Å²) in [5, 5.41) is 20.6. The summed E-state index contributed by atoms with van der Waals surface area (Å²) in [6.07, 6.45) is 0.531. The van der Waals surface area contributed by atoms with E-state index in [1.807, 2.05) is 13.8 Å². The fourth-order valence-corrected chi connectivity index (χ4v) is 1.24. The number of hydrogen-bond acceptors (Lipinski definition) is 3. The molecule has 0 aromatic heterocycles. The number of aliphatic hydroxyl groups excluding tert-OH is 1. The minimum absolute atomic E-state index is 0.0513. The Labute approximate surface area is 79.0 Å². The van der Waals surface area contributed by atoms with E-state index < -0.39 is 11.5 Å². The summed E-state index contributed by atoms with van der Waals surface area (Å²) < 4.78 is 0. The van der Waals surface area contributed by atoms with Crippen LogP contribution >= 0.6 is 0 Å². The van der Waals surface area contributed by atoms with Gasteiger partial charge in [-0.2, -0.15) is 0 Å².